The smallest absolute Gasteiger partial charge is 0.292 e. The summed E-state index contributed by atoms with van der Waals surface area (Å²) in [6, 6.07) is 3.46. The molecule has 0 saturated carbocycles. The third-order valence-electron chi connectivity index (χ3n) is 2.82. The summed E-state index contributed by atoms with van der Waals surface area (Å²) in [6.45, 7) is 5.17. The zero-order valence-corrected chi connectivity index (χ0v) is 10.4. The van der Waals surface area contributed by atoms with Gasteiger partial charge in [0.2, 0.25) is 5.78 Å². The van der Waals surface area contributed by atoms with Gasteiger partial charge < -0.3 is 0 Å². The number of rotatable bonds is 4. The fourth-order valence-corrected chi connectivity index (χ4v) is 1.89. The Morgan fingerprint density at radius 1 is 1.17 bits per heavy atom. The van der Waals surface area contributed by atoms with E-state index in [4.69, 9.17) is 0 Å². The topological polar surface area (TPSA) is 17.1 Å². The quantitative estimate of drug-likeness (QED) is 0.757. The Balaban J connectivity index is 3.03. The van der Waals surface area contributed by atoms with Crippen molar-refractivity contribution in [2.24, 2.45) is 0 Å². The van der Waals surface area contributed by atoms with Crippen LogP contribution in [0.2, 0.25) is 0 Å². The first kappa shape index (κ1) is 14.7. The molecule has 0 aliphatic carbocycles. The van der Waals surface area contributed by atoms with E-state index < -0.39 is 24.6 Å². The summed E-state index contributed by atoms with van der Waals surface area (Å²) in [5.74, 6) is -6.32. The molecule has 0 radical (unpaired) electrons. The van der Waals surface area contributed by atoms with Crippen LogP contribution in [0.5, 0.6) is 0 Å². The fourth-order valence-electron chi connectivity index (χ4n) is 1.89. The third kappa shape index (κ3) is 2.89. The molecule has 100 valence electrons. The number of aryl methyl sites for hydroxylation is 3. The molecule has 0 aliphatic heterocycles. The van der Waals surface area contributed by atoms with E-state index in [0.717, 1.165) is 5.56 Å². The highest BCUT2D eigenvalue weighted by Gasteiger charge is 2.48. The van der Waals surface area contributed by atoms with Crippen LogP contribution in [-0.4, -0.2) is 18.1 Å². The van der Waals surface area contributed by atoms with E-state index in [2.05, 4.69) is 0 Å². The lowest BCUT2D eigenvalue weighted by molar-refractivity contribution is -0.166. The van der Waals surface area contributed by atoms with E-state index in [0.29, 0.717) is 16.7 Å². The number of Topliss-reactive ketones (excluding diaryl/α,β-unsaturated/α-hetero) is 1. The molecule has 1 aromatic carbocycles. The average Bonchev–Trinajstić information content (AvgIpc) is 2.22. The Kier molecular flexibility index (Phi) is 4.14. The summed E-state index contributed by atoms with van der Waals surface area (Å²) in [6.07, 6.45) is -4.63. The van der Waals surface area contributed by atoms with Gasteiger partial charge in [0.25, 0.3) is 0 Å². The SMILES string of the molecule is Cc1cc(C)c(CC(=O)C(F)(F)C(F)F)c(C)c1. The van der Waals surface area contributed by atoms with Gasteiger partial charge in [0.15, 0.2) is 0 Å². The monoisotopic (exact) mass is 262 g/mol. The van der Waals surface area contributed by atoms with E-state index in [1.807, 2.05) is 6.92 Å². The van der Waals surface area contributed by atoms with Crippen LogP contribution in [-0.2, 0) is 11.2 Å². The lowest BCUT2D eigenvalue weighted by atomic mass is 9.94. The number of hydrogen-bond acceptors (Lipinski definition) is 1. The minimum atomic E-state index is -4.58. The second-order valence-electron chi connectivity index (χ2n) is 4.40. The molecule has 18 heavy (non-hydrogen) atoms. The number of benzene rings is 1. The Morgan fingerprint density at radius 3 is 2.00 bits per heavy atom. The molecule has 0 bridgehead atoms. The minimum absolute atomic E-state index is 0.394. The zero-order valence-electron chi connectivity index (χ0n) is 10.4. The first-order valence-corrected chi connectivity index (χ1v) is 5.42. The maximum atomic E-state index is 12.9. The van der Waals surface area contributed by atoms with Gasteiger partial charge in [-0.15, -0.1) is 0 Å². The Morgan fingerprint density at radius 2 is 1.61 bits per heavy atom. The molecule has 0 spiro atoms. The average molecular weight is 262 g/mol. The van der Waals surface area contributed by atoms with Gasteiger partial charge in [0, 0.05) is 6.42 Å². The van der Waals surface area contributed by atoms with E-state index in [1.54, 1.807) is 26.0 Å². The van der Waals surface area contributed by atoms with Crippen molar-refractivity contribution in [1.82, 2.24) is 0 Å². The molecular formula is C13H14F4O. The molecule has 0 atom stereocenters. The van der Waals surface area contributed by atoms with Crippen LogP contribution >= 0.6 is 0 Å². The zero-order chi connectivity index (χ0) is 14.1. The van der Waals surface area contributed by atoms with Crippen LogP contribution in [0.4, 0.5) is 17.6 Å². The van der Waals surface area contributed by atoms with Crippen molar-refractivity contribution >= 4 is 5.78 Å². The van der Waals surface area contributed by atoms with Crippen molar-refractivity contribution in [1.29, 1.82) is 0 Å². The molecule has 1 nitrogen and oxygen atoms in total. The van der Waals surface area contributed by atoms with Gasteiger partial charge in [-0.25, -0.2) is 8.78 Å². The van der Waals surface area contributed by atoms with Crippen LogP contribution < -0.4 is 0 Å². The molecule has 0 fully saturated rings. The normalized spacial score (nSPS) is 12.0. The molecule has 0 amide bonds. The fraction of sp³-hybridized carbons (Fsp3) is 0.462. The highest BCUT2D eigenvalue weighted by molar-refractivity contribution is 5.88. The van der Waals surface area contributed by atoms with Crippen molar-refractivity contribution in [2.45, 2.75) is 39.5 Å². The highest BCUT2D eigenvalue weighted by atomic mass is 19.3. The van der Waals surface area contributed by atoms with Crippen LogP contribution in [0, 0.1) is 20.8 Å². The van der Waals surface area contributed by atoms with Crippen molar-refractivity contribution in [3.63, 3.8) is 0 Å². The Bertz CT molecular complexity index is 443. The second-order valence-corrected chi connectivity index (χ2v) is 4.40. The van der Waals surface area contributed by atoms with E-state index in [9.17, 15) is 22.4 Å². The molecule has 0 saturated heterocycles. The standard InChI is InChI=1S/C13H14F4O/c1-7-4-8(2)10(9(3)5-7)6-11(18)13(16,17)12(14)15/h4-5,12H,6H2,1-3H3. The maximum absolute atomic E-state index is 12.9. The van der Waals surface area contributed by atoms with E-state index in [1.165, 1.54) is 0 Å². The molecular weight excluding hydrogens is 248 g/mol. The number of ketones is 1. The number of hydrogen-bond donors (Lipinski definition) is 0. The molecule has 0 aromatic heterocycles. The van der Waals surface area contributed by atoms with Crippen molar-refractivity contribution < 1.29 is 22.4 Å². The summed E-state index contributed by atoms with van der Waals surface area (Å²) in [5.41, 5.74) is 2.64. The lowest BCUT2D eigenvalue weighted by Gasteiger charge is -2.16. The molecule has 0 N–H and O–H groups in total. The van der Waals surface area contributed by atoms with Gasteiger partial charge in [-0.05, 0) is 37.5 Å². The number of carbonyl (C=O) groups is 1. The summed E-state index contributed by atoms with van der Waals surface area (Å²) < 4.78 is 49.9. The predicted octanol–water partition coefficient (Wildman–Crippen LogP) is 3.62. The minimum Gasteiger partial charge on any atom is -0.292 e. The number of carbonyl (C=O) groups excluding carboxylic acids is 1. The predicted molar refractivity (Wildman–Crippen MR) is 60.3 cm³/mol. The molecule has 1 rings (SSSR count). The van der Waals surface area contributed by atoms with Crippen LogP contribution in [0.1, 0.15) is 22.3 Å². The summed E-state index contributed by atoms with van der Waals surface area (Å²) >= 11 is 0. The highest BCUT2D eigenvalue weighted by Crippen LogP contribution is 2.27. The van der Waals surface area contributed by atoms with Gasteiger partial charge in [-0.1, -0.05) is 17.7 Å². The van der Waals surface area contributed by atoms with Gasteiger partial charge in [-0.3, -0.25) is 4.79 Å². The van der Waals surface area contributed by atoms with Crippen molar-refractivity contribution in [3.05, 3.63) is 34.4 Å². The van der Waals surface area contributed by atoms with Crippen LogP contribution in [0.25, 0.3) is 0 Å². The second kappa shape index (κ2) is 5.08. The maximum Gasteiger partial charge on any atom is 0.364 e. The first-order valence-electron chi connectivity index (χ1n) is 5.42. The van der Waals surface area contributed by atoms with Crippen molar-refractivity contribution in [2.75, 3.05) is 0 Å². The van der Waals surface area contributed by atoms with Gasteiger partial charge >= 0.3 is 12.3 Å². The summed E-state index contributed by atoms with van der Waals surface area (Å²) in [7, 11) is 0. The Hall–Kier alpha value is -1.39. The van der Waals surface area contributed by atoms with Gasteiger partial charge in [0.1, 0.15) is 0 Å². The van der Waals surface area contributed by atoms with Crippen LogP contribution in [0.3, 0.4) is 0 Å². The van der Waals surface area contributed by atoms with Gasteiger partial charge in [-0.2, -0.15) is 8.78 Å². The van der Waals surface area contributed by atoms with E-state index >= 15 is 0 Å². The molecule has 1 aromatic rings. The largest absolute Gasteiger partial charge is 0.364 e. The van der Waals surface area contributed by atoms with E-state index in [-0.39, 0.29) is 0 Å². The first-order chi connectivity index (χ1) is 8.16. The van der Waals surface area contributed by atoms with Crippen molar-refractivity contribution in [3.8, 4) is 0 Å². The summed E-state index contributed by atoms with van der Waals surface area (Å²) in [5, 5.41) is 0. The molecule has 5 heteroatoms. The third-order valence-corrected chi connectivity index (χ3v) is 2.82. The molecule has 0 aliphatic rings. The lowest BCUT2D eigenvalue weighted by Crippen LogP contribution is -2.37. The van der Waals surface area contributed by atoms with Crippen LogP contribution in [0.15, 0.2) is 12.1 Å². The molecule has 0 unspecified atom stereocenters. The number of alkyl halides is 4. The molecule has 0 heterocycles. The van der Waals surface area contributed by atoms with Gasteiger partial charge in [0.05, 0.1) is 0 Å². The number of halogens is 4. The summed E-state index contributed by atoms with van der Waals surface area (Å²) in [4.78, 5) is 11.2. The Labute approximate surface area is 103 Å².